The second kappa shape index (κ2) is 8.70. The molecule has 0 aliphatic rings. The maximum Gasteiger partial charge on any atom is 0.343 e. The van der Waals surface area contributed by atoms with Crippen molar-refractivity contribution in [2.24, 2.45) is 0 Å². The minimum absolute atomic E-state index is 0.0218. The molecule has 1 amide bonds. The van der Waals surface area contributed by atoms with Crippen molar-refractivity contribution in [3.8, 4) is 5.75 Å². The molecule has 4 aromatic rings. The highest BCUT2D eigenvalue weighted by atomic mass is 19.1. The largest absolute Gasteiger partial charge is 0.507 e. The third-order valence-electron chi connectivity index (χ3n) is 5.44. The number of fused-ring (bicyclic) bond motifs is 1. The van der Waals surface area contributed by atoms with Crippen molar-refractivity contribution in [3.05, 3.63) is 99.0 Å². The van der Waals surface area contributed by atoms with E-state index >= 15 is 0 Å². The van der Waals surface area contributed by atoms with Crippen molar-refractivity contribution in [1.82, 2.24) is 10.3 Å². The van der Waals surface area contributed by atoms with Crippen LogP contribution in [0.1, 0.15) is 41.0 Å². The average molecular weight is 434 g/mol. The van der Waals surface area contributed by atoms with E-state index < -0.39 is 17.4 Å². The number of halogens is 1. The lowest BCUT2D eigenvalue weighted by Gasteiger charge is -2.19. The topological polar surface area (TPSA) is 95.3 Å². The van der Waals surface area contributed by atoms with Gasteiger partial charge in [-0.05, 0) is 42.7 Å². The molecular formula is C25H23FN2O4. The van der Waals surface area contributed by atoms with Gasteiger partial charge in [0.2, 0.25) is 5.91 Å². The molecule has 3 N–H and O–H groups in total. The number of aromatic amines is 1. The SMILES string of the molecule is CC(=O)NCCc1c(C(c2cccc(F)c2)c2c(O)cc(C)oc2=O)[nH]c2ccccc12. The van der Waals surface area contributed by atoms with Crippen LogP contribution in [-0.4, -0.2) is 22.5 Å². The summed E-state index contributed by atoms with van der Waals surface area (Å²) in [7, 11) is 0. The molecule has 0 fully saturated rings. The van der Waals surface area contributed by atoms with E-state index in [1.54, 1.807) is 19.1 Å². The Morgan fingerprint density at radius 2 is 1.97 bits per heavy atom. The van der Waals surface area contributed by atoms with E-state index in [0.29, 0.717) is 24.2 Å². The zero-order valence-electron chi connectivity index (χ0n) is 17.7. The van der Waals surface area contributed by atoms with Gasteiger partial charge in [0.1, 0.15) is 17.3 Å². The van der Waals surface area contributed by atoms with Crippen molar-refractivity contribution < 1.29 is 18.7 Å². The van der Waals surface area contributed by atoms with Crippen molar-refractivity contribution >= 4 is 16.8 Å². The number of nitrogens with one attached hydrogen (secondary N) is 2. The molecule has 0 aliphatic heterocycles. The Morgan fingerprint density at radius 3 is 2.69 bits per heavy atom. The lowest BCUT2D eigenvalue weighted by molar-refractivity contribution is -0.118. The summed E-state index contributed by atoms with van der Waals surface area (Å²) in [5.41, 5.74) is 2.15. The van der Waals surface area contributed by atoms with Crippen molar-refractivity contribution in [3.63, 3.8) is 0 Å². The van der Waals surface area contributed by atoms with Gasteiger partial charge in [0, 0.05) is 36.1 Å². The number of aryl methyl sites for hydroxylation is 1. The molecule has 2 aromatic heterocycles. The highest BCUT2D eigenvalue weighted by Crippen LogP contribution is 2.39. The molecule has 1 unspecified atom stereocenters. The van der Waals surface area contributed by atoms with Crippen molar-refractivity contribution in [2.45, 2.75) is 26.2 Å². The molecular weight excluding hydrogens is 411 g/mol. The van der Waals surface area contributed by atoms with Crippen LogP contribution in [0.25, 0.3) is 10.9 Å². The van der Waals surface area contributed by atoms with Gasteiger partial charge in [0.05, 0.1) is 11.5 Å². The second-order valence-corrected chi connectivity index (χ2v) is 7.73. The molecule has 0 saturated heterocycles. The first-order valence-electron chi connectivity index (χ1n) is 10.3. The van der Waals surface area contributed by atoms with Gasteiger partial charge in [-0.2, -0.15) is 0 Å². The predicted molar refractivity (Wildman–Crippen MR) is 119 cm³/mol. The fourth-order valence-electron chi connectivity index (χ4n) is 4.14. The van der Waals surface area contributed by atoms with E-state index in [0.717, 1.165) is 16.5 Å². The number of benzene rings is 2. The molecule has 2 aromatic carbocycles. The summed E-state index contributed by atoms with van der Waals surface area (Å²) >= 11 is 0. The average Bonchev–Trinajstić information content (AvgIpc) is 3.08. The third kappa shape index (κ3) is 4.14. The molecule has 0 saturated carbocycles. The van der Waals surface area contributed by atoms with Crippen molar-refractivity contribution in [2.75, 3.05) is 6.54 Å². The summed E-state index contributed by atoms with van der Waals surface area (Å²) in [5, 5.41) is 14.4. The Morgan fingerprint density at radius 1 is 1.19 bits per heavy atom. The Bertz CT molecular complexity index is 1360. The van der Waals surface area contributed by atoms with Crippen LogP contribution in [0.3, 0.4) is 0 Å². The third-order valence-corrected chi connectivity index (χ3v) is 5.44. The van der Waals surface area contributed by atoms with Gasteiger partial charge in [-0.1, -0.05) is 30.3 Å². The number of rotatable bonds is 6. The van der Waals surface area contributed by atoms with Gasteiger partial charge < -0.3 is 19.8 Å². The molecule has 6 nitrogen and oxygen atoms in total. The summed E-state index contributed by atoms with van der Waals surface area (Å²) in [6, 6.07) is 14.9. The summed E-state index contributed by atoms with van der Waals surface area (Å²) in [5.74, 6) is -1.36. The summed E-state index contributed by atoms with van der Waals surface area (Å²) < 4.78 is 19.5. The fourth-order valence-corrected chi connectivity index (χ4v) is 4.14. The molecule has 164 valence electrons. The highest BCUT2D eigenvalue weighted by Gasteiger charge is 2.29. The first kappa shape index (κ1) is 21.4. The zero-order chi connectivity index (χ0) is 22.8. The standard InChI is InChI=1S/C25H23FN2O4/c1-14-12-21(30)23(25(31)32-14)22(16-6-5-7-17(26)13-16)24-19(10-11-27-15(2)29)18-8-3-4-9-20(18)28-24/h3-9,12-13,22,28,30H,10-11H2,1-2H3,(H,27,29). The van der Waals surface area contributed by atoms with Gasteiger partial charge in [0.15, 0.2) is 0 Å². The van der Waals surface area contributed by atoms with E-state index in [9.17, 15) is 19.1 Å². The van der Waals surface area contributed by atoms with Crippen LogP contribution < -0.4 is 10.9 Å². The van der Waals surface area contributed by atoms with E-state index in [1.807, 2.05) is 24.3 Å². The van der Waals surface area contributed by atoms with Crippen LogP contribution in [0.2, 0.25) is 0 Å². The second-order valence-electron chi connectivity index (χ2n) is 7.73. The van der Waals surface area contributed by atoms with Crippen LogP contribution in [-0.2, 0) is 11.2 Å². The van der Waals surface area contributed by atoms with E-state index in [1.165, 1.54) is 25.1 Å². The number of H-pyrrole nitrogens is 1. The normalized spacial score (nSPS) is 12.1. The minimum atomic E-state index is -0.803. The summed E-state index contributed by atoms with van der Waals surface area (Å²) in [6.07, 6.45) is 0.475. The summed E-state index contributed by atoms with van der Waals surface area (Å²) in [6.45, 7) is 3.40. The Kier molecular flexibility index (Phi) is 5.81. The van der Waals surface area contributed by atoms with Crippen LogP contribution in [0, 0.1) is 12.7 Å². The molecule has 0 spiro atoms. The molecule has 7 heteroatoms. The van der Waals surface area contributed by atoms with E-state index in [-0.39, 0.29) is 23.0 Å². The lowest BCUT2D eigenvalue weighted by atomic mass is 9.86. The van der Waals surface area contributed by atoms with Crippen LogP contribution >= 0.6 is 0 Å². The van der Waals surface area contributed by atoms with Gasteiger partial charge in [-0.15, -0.1) is 0 Å². The van der Waals surface area contributed by atoms with E-state index in [4.69, 9.17) is 4.42 Å². The number of aromatic nitrogens is 1. The molecule has 0 aliphatic carbocycles. The first-order valence-corrected chi connectivity index (χ1v) is 10.3. The molecule has 32 heavy (non-hydrogen) atoms. The van der Waals surface area contributed by atoms with Crippen LogP contribution in [0.15, 0.2) is 63.8 Å². The number of carbonyl (C=O) groups excluding carboxylic acids is 1. The highest BCUT2D eigenvalue weighted by molar-refractivity contribution is 5.85. The maximum atomic E-state index is 14.2. The maximum absolute atomic E-state index is 14.2. The van der Waals surface area contributed by atoms with Gasteiger partial charge in [-0.3, -0.25) is 4.79 Å². The van der Waals surface area contributed by atoms with Gasteiger partial charge >= 0.3 is 5.63 Å². The number of carbonyl (C=O) groups is 1. The van der Waals surface area contributed by atoms with Crippen LogP contribution in [0.5, 0.6) is 5.75 Å². The number of amides is 1. The molecule has 0 bridgehead atoms. The number of hydrogen-bond acceptors (Lipinski definition) is 4. The minimum Gasteiger partial charge on any atom is -0.507 e. The van der Waals surface area contributed by atoms with Crippen molar-refractivity contribution in [1.29, 1.82) is 0 Å². The van der Waals surface area contributed by atoms with Crippen LogP contribution in [0.4, 0.5) is 4.39 Å². The number of hydrogen-bond donors (Lipinski definition) is 3. The number of para-hydroxylation sites is 1. The number of aromatic hydroxyl groups is 1. The molecule has 2 heterocycles. The lowest BCUT2D eigenvalue weighted by Crippen LogP contribution is -2.23. The van der Waals surface area contributed by atoms with Gasteiger partial charge in [-0.25, -0.2) is 9.18 Å². The summed E-state index contributed by atoms with van der Waals surface area (Å²) in [4.78, 5) is 27.6. The molecule has 4 rings (SSSR count). The molecule has 1 atom stereocenters. The Labute approximate surface area is 183 Å². The predicted octanol–water partition coefficient (Wildman–Crippen LogP) is 4.13. The quantitative estimate of drug-likeness (QED) is 0.425. The monoisotopic (exact) mass is 434 g/mol. The molecule has 0 radical (unpaired) electrons. The fraction of sp³-hybridized carbons (Fsp3) is 0.200. The van der Waals surface area contributed by atoms with Gasteiger partial charge in [0.25, 0.3) is 0 Å². The first-order chi connectivity index (χ1) is 15.3. The smallest absolute Gasteiger partial charge is 0.343 e. The Hall–Kier alpha value is -3.87. The Balaban J connectivity index is 1.98. The zero-order valence-corrected chi connectivity index (χ0v) is 17.7. The van der Waals surface area contributed by atoms with E-state index in [2.05, 4.69) is 10.3 Å².